The van der Waals surface area contributed by atoms with Crippen LogP contribution in [-0.2, 0) is 9.47 Å². The summed E-state index contributed by atoms with van der Waals surface area (Å²) >= 11 is 0. The lowest BCUT2D eigenvalue weighted by Gasteiger charge is -2.12. The molecule has 0 saturated carbocycles. The molecule has 6 N–H and O–H groups in total. The van der Waals surface area contributed by atoms with Crippen LogP contribution in [0.15, 0.2) is 24.3 Å². The highest BCUT2D eigenvalue weighted by Gasteiger charge is 2.29. The van der Waals surface area contributed by atoms with Crippen molar-refractivity contribution in [2.45, 2.75) is 0 Å². The van der Waals surface area contributed by atoms with E-state index in [9.17, 15) is 58.8 Å². The average molecular weight is 534 g/mol. The van der Waals surface area contributed by atoms with E-state index in [2.05, 4.69) is 0 Å². The Morgan fingerprint density at radius 1 is 0.447 bits per heavy atom. The number of benzene rings is 2. The first kappa shape index (κ1) is 28.4. The number of esters is 2. The second kappa shape index (κ2) is 11.3. The van der Waals surface area contributed by atoms with Crippen LogP contribution in [0.5, 0.6) is 0 Å². The Kier molecular flexibility index (Phi) is 8.45. The molecule has 0 unspecified atom stereocenters. The number of carboxylic acids is 6. The largest absolute Gasteiger partial charge is 0.478 e. The maximum absolute atomic E-state index is 12.4. The molecule has 2 aromatic rings. The second-order valence-corrected chi connectivity index (χ2v) is 7.00. The molecule has 2 aromatic carbocycles. The zero-order valence-electron chi connectivity index (χ0n) is 18.5. The van der Waals surface area contributed by atoms with Crippen molar-refractivity contribution in [3.63, 3.8) is 0 Å². The van der Waals surface area contributed by atoms with E-state index in [4.69, 9.17) is 19.7 Å². The monoisotopic (exact) mass is 534 g/mol. The molecule has 16 nitrogen and oxygen atoms in total. The van der Waals surface area contributed by atoms with Gasteiger partial charge >= 0.3 is 47.8 Å². The number of rotatable bonds is 11. The first-order valence-corrected chi connectivity index (χ1v) is 9.77. The molecule has 0 atom stereocenters. The fourth-order valence-electron chi connectivity index (χ4n) is 3.08. The van der Waals surface area contributed by atoms with Gasteiger partial charge in [0, 0.05) is 0 Å². The van der Waals surface area contributed by atoms with E-state index in [0.717, 1.165) is 0 Å². The van der Waals surface area contributed by atoms with Gasteiger partial charge in [0.25, 0.3) is 0 Å². The van der Waals surface area contributed by atoms with E-state index in [-0.39, 0.29) is 0 Å². The Labute approximate surface area is 208 Å². The van der Waals surface area contributed by atoms with Gasteiger partial charge in [-0.1, -0.05) is 0 Å². The number of carbonyl (C=O) groups excluding carboxylic acids is 2. The topological polar surface area (TPSA) is 276 Å². The molecule has 0 aromatic heterocycles. The number of ether oxygens (including phenoxy) is 2. The second-order valence-electron chi connectivity index (χ2n) is 7.00. The molecular weight excluding hydrogens is 520 g/mol. The fourth-order valence-corrected chi connectivity index (χ4v) is 3.08. The van der Waals surface area contributed by atoms with Crippen molar-refractivity contribution in [1.82, 2.24) is 0 Å². The van der Waals surface area contributed by atoms with Crippen LogP contribution < -0.4 is 0 Å². The number of hydrogen-bond donors (Lipinski definition) is 6. The quantitative estimate of drug-likeness (QED) is 0.172. The van der Waals surface area contributed by atoms with Gasteiger partial charge in [-0.25, -0.2) is 38.4 Å². The third kappa shape index (κ3) is 6.06. The summed E-state index contributed by atoms with van der Waals surface area (Å²) in [6.45, 7) is -1.70. The number of hydrogen-bond acceptors (Lipinski definition) is 10. The molecule has 0 aliphatic heterocycles. The highest BCUT2D eigenvalue weighted by Crippen LogP contribution is 2.22. The highest BCUT2D eigenvalue weighted by atomic mass is 16.6. The van der Waals surface area contributed by atoms with Gasteiger partial charge in [0.05, 0.1) is 44.5 Å². The smallest absolute Gasteiger partial charge is 0.339 e. The molecule has 16 heteroatoms. The SMILES string of the molecule is O=C(O)c1cc(C(=O)O)c(C(=O)O)c(C(=O)OCCOC(=O)c2cc(C(=O)O)cc(C(=O)O)c2C(=O)O)c1. The Morgan fingerprint density at radius 2 is 0.737 bits per heavy atom. The van der Waals surface area contributed by atoms with Gasteiger partial charge in [-0.15, -0.1) is 0 Å². The molecule has 198 valence electrons. The predicted octanol–water partition coefficient (Wildman–Crippen LogP) is 0.890. The van der Waals surface area contributed by atoms with Crippen molar-refractivity contribution in [1.29, 1.82) is 0 Å². The Hall–Kier alpha value is -5.80. The lowest BCUT2D eigenvalue weighted by molar-refractivity contribution is 0.0261. The van der Waals surface area contributed by atoms with Crippen LogP contribution in [0, 0.1) is 0 Å². The number of carbonyl (C=O) groups is 8. The van der Waals surface area contributed by atoms with E-state index in [1.165, 1.54) is 0 Å². The van der Waals surface area contributed by atoms with E-state index in [1.54, 1.807) is 0 Å². The Balaban J connectivity index is 2.29. The zero-order chi connectivity index (χ0) is 28.9. The third-order valence-corrected chi connectivity index (χ3v) is 4.65. The van der Waals surface area contributed by atoms with Gasteiger partial charge in [-0.3, -0.25) is 0 Å². The van der Waals surface area contributed by atoms with Gasteiger partial charge in [-0.2, -0.15) is 0 Å². The van der Waals surface area contributed by atoms with Crippen LogP contribution >= 0.6 is 0 Å². The summed E-state index contributed by atoms with van der Waals surface area (Å²) in [5.74, 6) is -13.9. The van der Waals surface area contributed by atoms with E-state index < -0.39 is 105 Å². The molecule has 38 heavy (non-hydrogen) atoms. The minimum absolute atomic E-state index is 0.517. The lowest BCUT2D eigenvalue weighted by Crippen LogP contribution is -2.21. The molecule has 0 heterocycles. The summed E-state index contributed by atoms with van der Waals surface area (Å²) in [5.41, 5.74) is -7.61. The first-order valence-electron chi connectivity index (χ1n) is 9.77. The minimum Gasteiger partial charge on any atom is -0.478 e. The normalized spacial score (nSPS) is 10.2. The predicted molar refractivity (Wildman–Crippen MR) is 115 cm³/mol. The Morgan fingerprint density at radius 3 is 0.974 bits per heavy atom. The minimum atomic E-state index is -1.90. The third-order valence-electron chi connectivity index (χ3n) is 4.65. The van der Waals surface area contributed by atoms with E-state index in [1.807, 2.05) is 0 Å². The van der Waals surface area contributed by atoms with Crippen LogP contribution in [0.2, 0.25) is 0 Å². The molecule has 0 aliphatic carbocycles. The summed E-state index contributed by atoms with van der Waals surface area (Å²) in [6.07, 6.45) is 0. The highest BCUT2D eigenvalue weighted by molar-refractivity contribution is 6.12. The van der Waals surface area contributed by atoms with E-state index in [0.29, 0.717) is 24.3 Å². The van der Waals surface area contributed by atoms with Crippen molar-refractivity contribution >= 4 is 47.8 Å². The van der Waals surface area contributed by atoms with Crippen LogP contribution in [0.4, 0.5) is 0 Å². The fraction of sp³-hybridized carbons (Fsp3) is 0.0909. The molecule has 0 saturated heterocycles. The van der Waals surface area contributed by atoms with Crippen molar-refractivity contribution in [3.8, 4) is 0 Å². The summed E-state index contributed by atoms with van der Waals surface area (Å²) in [6, 6.07) is 2.14. The van der Waals surface area contributed by atoms with Gasteiger partial charge in [-0.05, 0) is 24.3 Å². The molecule has 0 spiro atoms. The maximum Gasteiger partial charge on any atom is 0.339 e. The van der Waals surface area contributed by atoms with E-state index >= 15 is 0 Å². The molecule has 2 rings (SSSR count). The Bertz CT molecular complexity index is 1310. The maximum atomic E-state index is 12.4. The molecular formula is C22H14O16. The summed E-state index contributed by atoms with van der Waals surface area (Å²) in [7, 11) is 0. The van der Waals surface area contributed by atoms with Crippen molar-refractivity contribution in [2.75, 3.05) is 13.2 Å². The standard InChI is InChI=1S/C22H14O16/c23-15(24)7-3-9(17(27)28)13(19(31)32)11(5-7)21(35)37-1-2-38-22(36)12-6-8(16(25)26)4-10(18(29)30)14(12)20(33)34/h3-6H,1-2H2,(H,23,24)(H,25,26)(H,27,28)(H,29,30)(H,31,32)(H,33,34). The van der Waals surface area contributed by atoms with Crippen molar-refractivity contribution in [3.05, 3.63) is 68.8 Å². The molecule has 0 bridgehead atoms. The lowest BCUT2D eigenvalue weighted by atomic mass is 9.97. The van der Waals surface area contributed by atoms with Gasteiger partial charge in [0.15, 0.2) is 0 Å². The van der Waals surface area contributed by atoms with Crippen LogP contribution in [0.25, 0.3) is 0 Å². The zero-order valence-corrected chi connectivity index (χ0v) is 18.5. The molecule has 0 fully saturated rings. The van der Waals surface area contributed by atoms with Gasteiger partial charge < -0.3 is 40.1 Å². The van der Waals surface area contributed by atoms with Crippen molar-refractivity contribution in [2.24, 2.45) is 0 Å². The van der Waals surface area contributed by atoms with Crippen molar-refractivity contribution < 1.29 is 78.5 Å². The van der Waals surface area contributed by atoms with Crippen LogP contribution in [0.1, 0.15) is 82.9 Å². The molecule has 0 aliphatic rings. The molecule has 0 radical (unpaired) electrons. The summed E-state index contributed by atoms with van der Waals surface area (Å²) in [5, 5.41) is 55.3. The van der Waals surface area contributed by atoms with Crippen LogP contribution in [0.3, 0.4) is 0 Å². The summed E-state index contributed by atoms with van der Waals surface area (Å²) in [4.78, 5) is 93.1. The number of carboxylic acid groups (broad SMARTS) is 6. The number of aromatic carboxylic acids is 6. The van der Waals surface area contributed by atoms with Gasteiger partial charge in [0.2, 0.25) is 0 Å². The van der Waals surface area contributed by atoms with Gasteiger partial charge in [0.1, 0.15) is 13.2 Å². The first-order chi connectivity index (χ1) is 17.7. The average Bonchev–Trinajstić information content (AvgIpc) is 2.83. The van der Waals surface area contributed by atoms with Crippen LogP contribution in [-0.4, -0.2) is 91.6 Å². The molecule has 0 amide bonds. The summed E-state index contributed by atoms with van der Waals surface area (Å²) < 4.78 is 9.41.